The highest BCUT2D eigenvalue weighted by Gasteiger charge is 2.52. The van der Waals surface area contributed by atoms with Gasteiger partial charge in [0, 0.05) is 5.69 Å². The van der Waals surface area contributed by atoms with E-state index in [0.29, 0.717) is 5.92 Å². The van der Waals surface area contributed by atoms with Gasteiger partial charge >= 0.3 is 0 Å². The van der Waals surface area contributed by atoms with Crippen molar-refractivity contribution in [2.75, 3.05) is 5.73 Å². The first-order valence-electron chi connectivity index (χ1n) is 4.75. The zero-order chi connectivity index (χ0) is 9.47. The van der Waals surface area contributed by atoms with Crippen LogP contribution >= 0.6 is 0 Å². The summed E-state index contributed by atoms with van der Waals surface area (Å²) in [5.41, 5.74) is 6.78. The van der Waals surface area contributed by atoms with Crippen LogP contribution in [0.1, 0.15) is 25.3 Å². The first-order valence-corrected chi connectivity index (χ1v) is 4.75. The van der Waals surface area contributed by atoms with E-state index in [1.165, 1.54) is 0 Å². The Hall–Kier alpha value is -1.02. The fraction of sp³-hybridized carbons (Fsp3) is 0.455. The van der Waals surface area contributed by atoms with E-state index in [2.05, 4.69) is 6.92 Å². The van der Waals surface area contributed by atoms with Crippen molar-refractivity contribution < 1.29 is 5.11 Å². The van der Waals surface area contributed by atoms with Crippen LogP contribution < -0.4 is 5.73 Å². The highest BCUT2D eigenvalue weighted by atomic mass is 16.3. The Bertz CT molecular complexity index is 324. The molecule has 3 N–H and O–H groups in total. The molecule has 2 heteroatoms. The van der Waals surface area contributed by atoms with Gasteiger partial charge in [0.05, 0.1) is 5.60 Å². The SMILES string of the molecule is CCC1CC1(O)c1cccc(N)c1. The van der Waals surface area contributed by atoms with E-state index in [4.69, 9.17) is 5.73 Å². The third kappa shape index (κ3) is 1.31. The third-order valence-corrected chi connectivity index (χ3v) is 2.95. The first kappa shape index (κ1) is 8.57. The van der Waals surface area contributed by atoms with Crippen molar-refractivity contribution in [3.63, 3.8) is 0 Å². The van der Waals surface area contributed by atoms with Crippen molar-refractivity contribution in [3.05, 3.63) is 29.8 Å². The molecule has 1 aromatic carbocycles. The minimum atomic E-state index is -0.579. The monoisotopic (exact) mass is 177 g/mol. The predicted molar refractivity (Wildman–Crippen MR) is 53.1 cm³/mol. The van der Waals surface area contributed by atoms with Crippen LogP contribution in [0.4, 0.5) is 5.69 Å². The zero-order valence-corrected chi connectivity index (χ0v) is 7.83. The van der Waals surface area contributed by atoms with Gasteiger partial charge in [-0.05, 0) is 30.0 Å². The molecule has 2 atom stereocenters. The molecular weight excluding hydrogens is 162 g/mol. The molecule has 0 amide bonds. The quantitative estimate of drug-likeness (QED) is 0.677. The second-order valence-corrected chi connectivity index (χ2v) is 3.86. The lowest BCUT2D eigenvalue weighted by atomic mass is 10.0. The van der Waals surface area contributed by atoms with Gasteiger partial charge in [0.15, 0.2) is 0 Å². The van der Waals surface area contributed by atoms with Crippen LogP contribution in [0.15, 0.2) is 24.3 Å². The van der Waals surface area contributed by atoms with Crippen molar-refractivity contribution in [2.45, 2.75) is 25.4 Å². The molecule has 13 heavy (non-hydrogen) atoms. The molecule has 0 spiro atoms. The summed E-state index contributed by atoms with van der Waals surface area (Å²) in [6.45, 7) is 2.11. The highest BCUT2D eigenvalue weighted by Crippen LogP contribution is 2.53. The fourth-order valence-electron chi connectivity index (χ4n) is 1.96. The maximum atomic E-state index is 10.1. The number of nitrogen functional groups attached to an aromatic ring is 1. The van der Waals surface area contributed by atoms with Crippen molar-refractivity contribution >= 4 is 5.69 Å². The van der Waals surface area contributed by atoms with Crippen LogP contribution in [0.25, 0.3) is 0 Å². The highest BCUT2D eigenvalue weighted by molar-refractivity contribution is 5.44. The van der Waals surface area contributed by atoms with E-state index in [9.17, 15) is 5.11 Å². The largest absolute Gasteiger partial charge is 0.399 e. The number of aliphatic hydroxyl groups is 1. The fourth-order valence-corrected chi connectivity index (χ4v) is 1.96. The molecule has 1 saturated carbocycles. The van der Waals surface area contributed by atoms with E-state index in [1.807, 2.05) is 24.3 Å². The minimum absolute atomic E-state index is 0.425. The van der Waals surface area contributed by atoms with E-state index >= 15 is 0 Å². The summed E-state index contributed by atoms with van der Waals surface area (Å²) in [5, 5.41) is 10.1. The Morgan fingerprint density at radius 3 is 2.92 bits per heavy atom. The number of rotatable bonds is 2. The van der Waals surface area contributed by atoms with E-state index in [-0.39, 0.29) is 0 Å². The van der Waals surface area contributed by atoms with Gasteiger partial charge in [-0.2, -0.15) is 0 Å². The molecule has 0 aliphatic heterocycles. The van der Waals surface area contributed by atoms with E-state index < -0.39 is 5.60 Å². The molecule has 70 valence electrons. The molecule has 0 aromatic heterocycles. The number of hydrogen-bond donors (Lipinski definition) is 2. The number of anilines is 1. The first-order chi connectivity index (χ1) is 6.16. The van der Waals surface area contributed by atoms with Gasteiger partial charge in [-0.15, -0.1) is 0 Å². The number of benzene rings is 1. The van der Waals surface area contributed by atoms with Gasteiger partial charge in [0.2, 0.25) is 0 Å². The molecular formula is C11H15NO. The Morgan fingerprint density at radius 2 is 2.38 bits per heavy atom. The molecule has 1 aromatic rings. The molecule has 0 radical (unpaired) electrons. The molecule has 2 nitrogen and oxygen atoms in total. The average molecular weight is 177 g/mol. The summed E-state index contributed by atoms with van der Waals surface area (Å²) in [6, 6.07) is 7.56. The van der Waals surface area contributed by atoms with Crippen LogP contribution in [-0.2, 0) is 5.60 Å². The smallest absolute Gasteiger partial charge is 0.0930 e. The van der Waals surface area contributed by atoms with Gasteiger partial charge in [-0.3, -0.25) is 0 Å². The topological polar surface area (TPSA) is 46.2 Å². The van der Waals surface area contributed by atoms with Gasteiger partial charge < -0.3 is 10.8 Å². The van der Waals surface area contributed by atoms with Gasteiger partial charge in [0.1, 0.15) is 0 Å². The van der Waals surface area contributed by atoms with Crippen LogP contribution in [0.5, 0.6) is 0 Å². The molecule has 2 rings (SSSR count). The van der Waals surface area contributed by atoms with Gasteiger partial charge in [-0.1, -0.05) is 25.5 Å². The maximum absolute atomic E-state index is 10.1. The van der Waals surface area contributed by atoms with Crippen molar-refractivity contribution in [1.82, 2.24) is 0 Å². The van der Waals surface area contributed by atoms with Crippen molar-refractivity contribution in [1.29, 1.82) is 0 Å². The molecule has 0 saturated heterocycles. The Morgan fingerprint density at radius 1 is 1.62 bits per heavy atom. The normalized spacial score (nSPS) is 31.7. The Kier molecular flexibility index (Phi) is 1.81. The number of hydrogen-bond acceptors (Lipinski definition) is 2. The second kappa shape index (κ2) is 2.74. The summed E-state index contributed by atoms with van der Waals surface area (Å²) in [5.74, 6) is 0.425. The molecule has 0 bridgehead atoms. The van der Waals surface area contributed by atoms with Crippen LogP contribution in [0.3, 0.4) is 0 Å². The van der Waals surface area contributed by atoms with Crippen LogP contribution in [-0.4, -0.2) is 5.11 Å². The molecule has 0 heterocycles. The summed E-state index contributed by atoms with van der Waals surface area (Å²) >= 11 is 0. The van der Waals surface area contributed by atoms with Crippen LogP contribution in [0.2, 0.25) is 0 Å². The zero-order valence-electron chi connectivity index (χ0n) is 7.83. The molecule has 1 aliphatic rings. The Labute approximate surface area is 78.4 Å². The number of nitrogens with two attached hydrogens (primary N) is 1. The standard InChI is InChI=1S/C11H15NO/c1-2-8-7-11(8,13)9-4-3-5-10(12)6-9/h3-6,8,13H,2,7,12H2,1H3. The molecule has 1 fully saturated rings. The predicted octanol–water partition coefficient (Wildman–Crippen LogP) is 1.89. The molecule has 2 unspecified atom stereocenters. The summed E-state index contributed by atoms with van der Waals surface area (Å²) < 4.78 is 0. The third-order valence-electron chi connectivity index (χ3n) is 2.95. The average Bonchev–Trinajstić information content (AvgIpc) is 2.79. The maximum Gasteiger partial charge on any atom is 0.0930 e. The lowest BCUT2D eigenvalue weighted by Gasteiger charge is -2.10. The van der Waals surface area contributed by atoms with Crippen molar-refractivity contribution in [2.24, 2.45) is 5.92 Å². The lowest BCUT2D eigenvalue weighted by molar-refractivity contribution is 0.130. The summed E-state index contributed by atoms with van der Waals surface area (Å²) in [4.78, 5) is 0. The minimum Gasteiger partial charge on any atom is -0.399 e. The molecule has 1 aliphatic carbocycles. The van der Waals surface area contributed by atoms with Gasteiger partial charge in [-0.25, -0.2) is 0 Å². The lowest BCUT2D eigenvalue weighted by Crippen LogP contribution is -2.08. The second-order valence-electron chi connectivity index (χ2n) is 3.86. The van der Waals surface area contributed by atoms with Crippen LogP contribution in [0, 0.1) is 5.92 Å². The van der Waals surface area contributed by atoms with E-state index in [1.54, 1.807) is 0 Å². The van der Waals surface area contributed by atoms with Crippen molar-refractivity contribution in [3.8, 4) is 0 Å². The van der Waals surface area contributed by atoms with E-state index in [0.717, 1.165) is 24.1 Å². The Balaban J connectivity index is 2.27. The summed E-state index contributed by atoms with van der Waals surface area (Å²) in [7, 11) is 0. The summed E-state index contributed by atoms with van der Waals surface area (Å²) in [6.07, 6.45) is 1.91. The van der Waals surface area contributed by atoms with Gasteiger partial charge in [0.25, 0.3) is 0 Å².